The fourth-order valence-electron chi connectivity index (χ4n) is 5.27. The quantitative estimate of drug-likeness (QED) is 0.249. The number of anilines is 1. The predicted octanol–water partition coefficient (Wildman–Crippen LogP) is 6.04. The van der Waals surface area contributed by atoms with E-state index < -0.39 is 5.63 Å². The Morgan fingerprint density at radius 1 is 1.17 bits per heavy atom. The number of benzene rings is 2. The fourth-order valence-corrected chi connectivity index (χ4v) is 5.27. The second-order valence-electron chi connectivity index (χ2n) is 9.86. The van der Waals surface area contributed by atoms with Crippen molar-refractivity contribution < 1.29 is 18.4 Å². The van der Waals surface area contributed by atoms with Gasteiger partial charge in [0.2, 0.25) is 5.89 Å². The Balaban J connectivity index is 1.54. The van der Waals surface area contributed by atoms with E-state index in [0.29, 0.717) is 54.2 Å². The van der Waals surface area contributed by atoms with Crippen LogP contribution in [0.1, 0.15) is 58.4 Å². The van der Waals surface area contributed by atoms with Gasteiger partial charge in [0.1, 0.15) is 16.7 Å². The van der Waals surface area contributed by atoms with Crippen LogP contribution < -0.4 is 10.5 Å². The first-order valence-electron chi connectivity index (χ1n) is 12.2. The Morgan fingerprint density at radius 3 is 2.74 bits per heavy atom. The van der Waals surface area contributed by atoms with E-state index in [-0.39, 0.29) is 17.4 Å². The van der Waals surface area contributed by atoms with Crippen molar-refractivity contribution in [3.05, 3.63) is 58.4 Å². The molecular formula is C28H30N2O5. The maximum atomic E-state index is 12.9. The maximum Gasteiger partial charge on any atom is 0.349 e. The van der Waals surface area contributed by atoms with E-state index in [4.69, 9.17) is 13.6 Å². The molecule has 1 unspecified atom stereocenters. The molecule has 7 heteroatoms. The van der Waals surface area contributed by atoms with E-state index in [9.17, 15) is 9.59 Å². The number of rotatable bonds is 6. The maximum absolute atomic E-state index is 12.9. The van der Waals surface area contributed by atoms with E-state index in [2.05, 4.69) is 36.7 Å². The lowest BCUT2D eigenvalue weighted by atomic mass is 9.79. The van der Waals surface area contributed by atoms with Gasteiger partial charge in [-0.25, -0.2) is 9.78 Å². The van der Waals surface area contributed by atoms with Gasteiger partial charge in [0, 0.05) is 35.6 Å². The summed E-state index contributed by atoms with van der Waals surface area (Å²) in [5.74, 6) is 0.409. The molecule has 0 saturated heterocycles. The third-order valence-corrected chi connectivity index (χ3v) is 6.83. The lowest BCUT2D eigenvalue weighted by molar-refractivity contribution is -0.143. The van der Waals surface area contributed by atoms with Crippen molar-refractivity contribution in [3.63, 3.8) is 0 Å². The van der Waals surface area contributed by atoms with Crippen LogP contribution >= 0.6 is 0 Å². The summed E-state index contributed by atoms with van der Waals surface area (Å²) in [5, 5.41) is 0.832. The molecule has 0 amide bonds. The summed E-state index contributed by atoms with van der Waals surface area (Å²) >= 11 is 0. The molecule has 1 aliphatic rings. The standard InChI is InChI=1S/C28H30N2O5/c1-5-33-25(31)11-8-12-30-22-15-24-18(13-19(22)17(2)16-28(30,3)4)14-20(27(32)35-24)26-29-21-9-6-7-10-23(21)34-26/h6-7,9-10,13-15,17H,5,8,11-12,16H2,1-4H3. The fraction of sp³-hybridized carbons (Fsp3) is 0.393. The molecule has 0 radical (unpaired) electrons. The van der Waals surface area contributed by atoms with Gasteiger partial charge in [0.15, 0.2) is 5.58 Å². The topological polar surface area (TPSA) is 85.8 Å². The lowest BCUT2D eigenvalue weighted by Crippen LogP contribution is -2.48. The van der Waals surface area contributed by atoms with Crippen molar-refractivity contribution in [2.75, 3.05) is 18.1 Å². The zero-order valence-corrected chi connectivity index (χ0v) is 20.6. The van der Waals surface area contributed by atoms with Crippen LogP contribution in [0.5, 0.6) is 0 Å². The number of aromatic nitrogens is 1. The average molecular weight is 475 g/mol. The SMILES string of the molecule is CCOC(=O)CCCN1c2cc3oc(=O)c(-c4nc5ccccc5o4)cc3cc2C(C)CC1(C)C. The molecule has 35 heavy (non-hydrogen) atoms. The number of nitrogens with zero attached hydrogens (tertiary/aromatic N) is 2. The van der Waals surface area contributed by atoms with Gasteiger partial charge < -0.3 is 18.5 Å². The van der Waals surface area contributed by atoms with E-state index >= 15 is 0 Å². The number of ether oxygens (including phenoxy) is 1. The molecule has 182 valence electrons. The van der Waals surface area contributed by atoms with Crippen molar-refractivity contribution in [3.8, 4) is 11.5 Å². The van der Waals surface area contributed by atoms with E-state index in [1.807, 2.05) is 43.3 Å². The highest BCUT2D eigenvalue weighted by Crippen LogP contribution is 2.45. The van der Waals surface area contributed by atoms with Gasteiger partial charge in [-0.05, 0) is 69.4 Å². The zero-order valence-electron chi connectivity index (χ0n) is 20.6. The number of oxazole rings is 1. The van der Waals surface area contributed by atoms with Crippen LogP contribution in [-0.2, 0) is 9.53 Å². The van der Waals surface area contributed by atoms with Crippen LogP contribution in [0.2, 0.25) is 0 Å². The van der Waals surface area contributed by atoms with Gasteiger partial charge in [0.05, 0.1) is 6.61 Å². The molecule has 0 N–H and O–H groups in total. The minimum atomic E-state index is -0.485. The van der Waals surface area contributed by atoms with Crippen molar-refractivity contribution in [1.82, 2.24) is 4.98 Å². The second kappa shape index (κ2) is 8.87. The Hall–Kier alpha value is -3.61. The number of para-hydroxylation sites is 2. The minimum absolute atomic E-state index is 0.104. The van der Waals surface area contributed by atoms with Crippen molar-refractivity contribution >= 4 is 33.7 Å². The normalized spacial score (nSPS) is 17.0. The van der Waals surface area contributed by atoms with Crippen LogP contribution in [0, 0.1) is 0 Å². The van der Waals surface area contributed by atoms with Crippen LogP contribution in [0.25, 0.3) is 33.5 Å². The lowest BCUT2D eigenvalue weighted by Gasteiger charge is -2.47. The molecule has 0 aliphatic carbocycles. The third kappa shape index (κ3) is 4.31. The Bertz CT molecular complexity index is 1430. The van der Waals surface area contributed by atoms with Gasteiger partial charge in [0.25, 0.3) is 0 Å². The third-order valence-electron chi connectivity index (χ3n) is 6.83. The number of carbonyl (C=O) groups excluding carboxylic acids is 1. The molecule has 1 atom stereocenters. The first-order valence-corrected chi connectivity index (χ1v) is 12.2. The van der Waals surface area contributed by atoms with Crippen molar-refractivity contribution in [2.24, 2.45) is 0 Å². The van der Waals surface area contributed by atoms with Crippen LogP contribution in [-0.4, -0.2) is 29.6 Å². The Morgan fingerprint density at radius 2 is 1.97 bits per heavy atom. The predicted molar refractivity (Wildman–Crippen MR) is 136 cm³/mol. The molecule has 2 aromatic carbocycles. The molecule has 5 rings (SSSR count). The van der Waals surface area contributed by atoms with Crippen molar-refractivity contribution in [1.29, 1.82) is 0 Å². The van der Waals surface area contributed by atoms with Gasteiger partial charge in [-0.3, -0.25) is 4.79 Å². The molecule has 0 fully saturated rings. The molecule has 3 heterocycles. The summed E-state index contributed by atoms with van der Waals surface area (Å²) in [6.07, 6.45) is 2.04. The highest BCUT2D eigenvalue weighted by molar-refractivity contribution is 5.87. The van der Waals surface area contributed by atoms with Gasteiger partial charge in [-0.15, -0.1) is 0 Å². The number of hydrogen-bond donors (Lipinski definition) is 0. The van der Waals surface area contributed by atoms with Gasteiger partial charge in [-0.2, -0.15) is 0 Å². The van der Waals surface area contributed by atoms with Crippen LogP contribution in [0.15, 0.2) is 56.1 Å². The van der Waals surface area contributed by atoms with E-state index in [1.54, 1.807) is 0 Å². The molecule has 4 aromatic rings. The summed E-state index contributed by atoms with van der Waals surface area (Å²) in [5.41, 5.74) is 3.81. The highest BCUT2D eigenvalue weighted by Gasteiger charge is 2.36. The first-order chi connectivity index (χ1) is 16.8. The second-order valence-corrected chi connectivity index (χ2v) is 9.86. The summed E-state index contributed by atoms with van der Waals surface area (Å²) in [7, 11) is 0. The number of fused-ring (bicyclic) bond motifs is 3. The largest absolute Gasteiger partial charge is 0.466 e. The van der Waals surface area contributed by atoms with Gasteiger partial charge >= 0.3 is 11.6 Å². The molecule has 0 bridgehead atoms. The summed E-state index contributed by atoms with van der Waals surface area (Å²) in [6, 6.07) is 13.3. The molecule has 2 aromatic heterocycles. The zero-order chi connectivity index (χ0) is 24.7. The van der Waals surface area contributed by atoms with Gasteiger partial charge in [-0.1, -0.05) is 19.1 Å². The monoisotopic (exact) mass is 474 g/mol. The Kier molecular flexibility index (Phi) is 5.87. The van der Waals surface area contributed by atoms with Crippen molar-refractivity contribution in [2.45, 2.75) is 58.4 Å². The molecule has 0 spiro atoms. The van der Waals surface area contributed by atoms with E-state index in [0.717, 1.165) is 17.5 Å². The highest BCUT2D eigenvalue weighted by atomic mass is 16.5. The summed E-state index contributed by atoms with van der Waals surface area (Å²) in [4.78, 5) is 31.6. The van der Waals surface area contributed by atoms with Crippen LogP contribution in [0.4, 0.5) is 5.69 Å². The number of hydrogen-bond acceptors (Lipinski definition) is 7. The average Bonchev–Trinajstić information content (AvgIpc) is 3.24. The van der Waals surface area contributed by atoms with E-state index in [1.165, 1.54) is 5.56 Å². The smallest absolute Gasteiger partial charge is 0.349 e. The summed E-state index contributed by atoms with van der Waals surface area (Å²) < 4.78 is 16.7. The molecular weight excluding hydrogens is 444 g/mol. The Labute approximate surface area is 203 Å². The number of esters is 1. The number of carbonyl (C=O) groups is 1. The van der Waals surface area contributed by atoms with Crippen LogP contribution in [0.3, 0.4) is 0 Å². The molecule has 7 nitrogen and oxygen atoms in total. The molecule has 0 saturated carbocycles. The molecule has 1 aliphatic heterocycles. The first kappa shape index (κ1) is 23.1. The minimum Gasteiger partial charge on any atom is -0.466 e. The summed E-state index contributed by atoms with van der Waals surface area (Å²) in [6.45, 7) is 9.58.